The minimum Gasteiger partial charge on any atom is -0.485 e. The Kier molecular flexibility index (Phi) is 7.05. The summed E-state index contributed by atoms with van der Waals surface area (Å²) >= 11 is 0. The molecule has 2 spiro atoms. The second-order valence-electron chi connectivity index (χ2n) is 12.3. The molecule has 6 rings (SSSR count). The van der Waals surface area contributed by atoms with E-state index in [9.17, 15) is 26.3 Å². The Labute approximate surface area is 228 Å². The number of fused-ring (bicyclic) bond motifs is 2. The molecule has 220 valence electrons. The summed E-state index contributed by atoms with van der Waals surface area (Å²) in [4.78, 5) is 7.66. The van der Waals surface area contributed by atoms with Gasteiger partial charge in [-0.15, -0.1) is 0 Å². The monoisotopic (exact) mass is 572 g/mol. The Morgan fingerprint density at radius 3 is 1.93 bits per heavy atom. The number of nitrogens with zero attached hydrogens (tertiary/aromatic N) is 2. The molecule has 40 heavy (non-hydrogen) atoms. The standard InChI is InChI=1S/C16H21F3N2O.C12H13F3N2O/c1-14(2,16(17,18)19)7-10-6-11-12(20)8-15(4-3-5-15)22-13(11)21-9-10;13-12(14,15)10-4-7-8(16)5-11(2-1-3-11)18-9(7)6-17-10/h6,9,12H,3-5,7-8,20H2,1-2H3;4,6,8H,1-3,5,16H2/t12-;8-/m00/s1. The van der Waals surface area contributed by atoms with E-state index < -0.39 is 29.5 Å². The molecule has 6 nitrogen and oxygen atoms in total. The smallest absolute Gasteiger partial charge is 0.433 e. The summed E-state index contributed by atoms with van der Waals surface area (Å²) in [7, 11) is 0. The highest BCUT2D eigenvalue weighted by atomic mass is 19.4. The molecule has 0 unspecified atom stereocenters. The summed E-state index contributed by atoms with van der Waals surface area (Å²) in [6, 6.07) is 2.11. The molecule has 2 fully saturated rings. The first-order valence-corrected chi connectivity index (χ1v) is 13.5. The number of rotatable bonds is 2. The fourth-order valence-corrected chi connectivity index (χ4v) is 5.86. The van der Waals surface area contributed by atoms with E-state index in [-0.39, 0.29) is 23.7 Å². The Hall–Kier alpha value is -2.60. The molecule has 4 aliphatic rings. The first-order chi connectivity index (χ1) is 18.5. The predicted molar refractivity (Wildman–Crippen MR) is 135 cm³/mol. The molecule has 4 N–H and O–H groups in total. The lowest BCUT2D eigenvalue weighted by atomic mass is 9.73. The van der Waals surface area contributed by atoms with Gasteiger partial charge in [-0.25, -0.2) is 9.97 Å². The largest absolute Gasteiger partial charge is 0.485 e. The summed E-state index contributed by atoms with van der Waals surface area (Å²) in [5, 5.41) is 0. The van der Waals surface area contributed by atoms with Gasteiger partial charge in [-0.1, -0.05) is 13.8 Å². The second kappa shape index (κ2) is 9.75. The first-order valence-electron chi connectivity index (χ1n) is 13.5. The van der Waals surface area contributed by atoms with Gasteiger partial charge in [0.1, 0.15) is 22.6 Å². The summed E-state index contributed by atoms with van der Waals surface area (Å²) in [5.74, 6) is 0.897. The molecule has 0 radical (unpaired) electrons. The summed E-state index contributed by atoms with van der Waals surface area (Å²) in [6.07, 6.45) is 1.11. The van der Waals surface area contributed by atoms with Gasteiger partial charge in [-0.3, -0.25) is 0 Å². The van der Waals surface area contributed by atoms with Gasteiger partial charge in [-0.2, -0.15) is 26.3 Å². The lowest BCUT2D eigenvalue weighted by Gasteiger charge is -2.47. The zero-order chi connectivity index (χ0) is 29.1. The Morgan fingerprint density at radius 1 is 0.825 bits per heavy atom. The van der Waals surface area contributed by atoms with E-state index in [1.165, 1.54) is 20.0 Å². The molecule has 4 heterocycles. The highest BCUT2D eigenvalue weighted by molar-refractivity contribution is 5.39. The third-order valence-corrected chi connectivity index (χ3v) is 8.69. The maximum atomic E-state index is 13.0. The minimum absolute atomic E-state index is 0.116. The van der Waals surface area contributed by atoms with Crippen molar-refractivity contribution in [1.82, 2.24) is 9.97 Å². The van der Waals surface area contributed by atoms with Gasteiger partial charge in [0, 0.05) is 42.2 Å². The van der Waals surface area contributed by atoms with E-state index in [4.69, 9.17) is 20.9 Å². The predicted octanol–water partition coefficient (Wildman–Crippen LogP) is 6.72. The van der Waals surface area contributed by atoms with Gasteiger partial charge in [-0.05, 0) is 62.6 Å². The van der Waals surface area contributed by atoms with E-state index in [0.29, 0.717) is 35.6 Å². The van der Waals surface area contributed by atoms with Crippen molar-refractivity contribution in [1.29, 1.82) is 0 Å². The average molecular weight is 573 g/mol. The zero-order valence-corrected chi connectivity index (χ0v) is 22.5. The van der Waals surface area contributed by atoms with Crippen molar-refractivity contribution in [3.05, 3.63) is 46.9 Å². The van der Waals surface area contributed by atoms with Crippen LogP contribution in [-0.2, 0) is 12.6 Å². The molecule has 2 aromatic heterocycles. The number of aromatic nitrogens is 2. The van der Waals surface area contributed by atoms with Gasteiger partial charge in [0.25, 0.3) is 0 Å². The average Bonchev–Trinajstić information content (AvgIpc) is 2.81. The molecular formula is C28H34F6N4O2. The highest BCUT2D eigenvalue weighted by Gasteiger charge is 2.49. The minimum atomic E-state index is -4.44. The first kappa shape index (κ1) is 28.9. The van der Waals surface area contributed by atoms with E-state index >= 15 is 0 Å². The number of alkyl halides is 6. The highest BCUT2D eigenvalue weighted by Crippen LogP contribution is 2.49. The molecule has 2 aromatic rings. The molecule has 0 amide bonds. The van der Waals surface area contributed by atoms with Gasteiger partial charge in [0.2, 0.25) is 5.88 Å². The lowest BCUT2D eigenvalue weighted by Crippen LogP contribution is -2.48. The summed E-state index contributed by atoms with van der Waals surface area (Å²) < 4.78 is 88.5. The van der Waals surface area contributed by atoms with Crippen LogP contribution in [0, 0.1) is 5.41 Å². The number of hydrogen-bond donors (Lipinski definition) is 2. The van der Waals surface area contributed by atoms with Crippen LogP contribution in [0.5, 0.6) is 11.6 Å². The summed E-state index contributed by atoms with van der Waals surface area (Å²) in [5.41, 5.74) is 10.7. The van der Waals surface area contributed by atoms with Gasteiger partial charge >= 0.3 is 12.4 Å². The van der Waals surface area contributed by atoms with Crippen LogP contribution < -0.4 is 20.9 Å². The van der Waals surface area contributed by atoms with Crippen LogP contribution in [0.3, 0.4) is 0 Å². The number of halogens is 6. The number of nitrogens with two attached hydrogens (primary N) is 2. The number of pyridine rings is 2. The Morgan fingerprint density at radius 2 is 1.40 bits per heavy atom. The van der Waals surface area contributed by atoms with Crippen LogP contribution >= 0.6 is 0 Å². The topological polar surface area (TPSA) is 96.3 Å². The molecule has 0 bridgehead atoms. The zero-order valence-electron chi connectivity index (χ0n) is 22.5. The van der Waals surface area contributed by atoms with Crippen molar-refractivity contribution in [2.75, 3.05) is 0 Å². The van der Waals surface area contributed by atoms with Crippen LogP contribution in [0.15, 0.2) is 24.5 Å². The van der Waals surface area contributed by atoms with E-state index in [2.05, 4.69) is 9.97 Å². The van der Waals surface area contributed by atoms with Crippen molar-refractivity contribution >= 4 is 0 Å². The Balaban J connectivity index is 0.000000164. The lowest BCUT2D eigenvalue weighted by molar-refractivity contribution is -0.211. The number of hydrogen-bond acceptors (Lipinski definition) is 6. The van der Waals surface area contributed by atoms with Crippen molar-refractivity contribution in [2.24, 2.45) is 16.9 Å². The van der Waals surface area contributed by atoms with Crippen LogP contribution in [0.2, 0.25) is 0 Å². The second-order valence-corrected chi connectivity index (χ2v) is 12.3. The molecule has 2 aliphatic heterocycles. The van der Waals surface area contributed by atoms with Crippen LogP contribution in [0.1, 0.15) is 99.7 Å². The van der Waals surface area contributed by atoms with Crippen molar-refractivity contribution in [3.63, 3.8) is 0 Å². The third kappa shape index (κ3) is 5.48. The SMILES string of the molecule is CC(C)(Cc1cnc2c(c1)[C@@H](N)CC1(CCC1)O2)C(F)(F)F.N[C@H]1CC2(CCC2)Oc2cnc(C(F)(F)F)cc21. The molecule has 12 heteroatoms. The molecular weight excluding hydrogens is 538 g/mol. The quantitative estimate of drug-likeness (QED) is 0.388. The molecule has 0 saturated heterocycles. The van der Waals surface area contributed by atoms with Crippen molar-refractivity contribution in [3.8, 4) is 11.6 Å². The third-order valence-electron chi connectivity index (χ3n) is 8.69. The van der Waals surface area contributed by atoms with Crippen molar-refractivity contribution < 1.29 is 35.8 Å². The van der Waals surface area contributed by atoms with Crippen LogP contribution in [0.4, 0.5) is 26.3 Å². The van der Waals surface area contributed by atoms with Crippen LogP contribution in [0.25, 0.3) is 0 Å². The van der Waals surface area contributed by atoms with E-state index in [1.807, 2.05) is 0 Å². The Bertz CT molecular complexity index is 1250. The molecule has 2 atom stereocenters. The van der Waals surface area contributed by atoms with Crippen molar-refractivity contribution in [2.45, 2.75) is 107 Å². The van der Waals surface area contributed by atoms with E-state index in [1.54, 1.807) is 6.07 Å². The number of ether oxygens (including phenoxy) is 2. The van der Waals surface area contributed by atoms with Crippen LogP contribution in [-0.4, -0.2) is 27.3 Å². The fourth-order valence-electron chi connectivity index (χ4n) is 5.86. The summed E-state index contributed by atoms with van der Waals surface area (Å²) in [6.45, 7) is 2.40. The molecule has 0 aromatic carbocycles. The maximum Gasteiger partial charge on any atom is 0.433 e. The van der Waals surface area contributed by atoms with Gasteiger partial charge in [0.15, 0.2) is 0 Å². The normalized spacial score (nSPS) is 24.4. The van der Waals surface area contributed by atoms with Gasteiger partial charge < -0.3 is 20.9 Å². The fraction of sp³-hybridized carbons (Fsp3) is 0.643. The van der Waals surface area contributed by atoms with Gasteiger partial charge in [0.05, 0.1) is 11.6 Å². The molecule has 2 aliphatic carbocycles. The van der Waals surface area contributed by atoms with E-state index in [0.717, 1.165) is 56.4 Å². The molecule has 2 saturated carbocycles. The maximum absolute atomic E-state index is 13.0.